The highest BCUT2D eigenvalue weighted by Gasteiger charge is 2.06. The van der Waals surface area contributed by atoms with Crippen LogP contribution in [0.2, 0.25) is 0 Å². The van der Waals surface area contributed by atoms with E-state index in [4.69, 9.17) is 5.26 Å². The SMILES string of the molecule is CSc1ncc(C(C)=O)cc1C#N. The van der Waals surface area contributed by atoms with Crippen LogP contribution < -0.4 is 0 Å². The van der Waals surface area contributed by atoms with Crippen molar-refractivity contribution in [2.24, 2.45) is 0 Å². The third-order valence-electron chi connectivity index (χ3n) is 1.57. The predicted octanol–water partition coefficient (Wildman–Crippen LogP) is 1.88. The standard InChI is InChI=1S/C9H8N2OS/c1-6(12)8-3-7(4-10)9(13-2)11-5-8/h3,5H,1-2H3. The zero-order chi connectivity index (χ0) is 9.84. The van der Waals surface area contributed by atoms with Gasteiger partial charge < -0.3 is 0 Å². The van der Waals surface area contributed by atoms with E-state index in [0.29, 0.717) is 16.2 Å². The summed E-state index contributed by atoms with van der Waals surface area (Å²) in [5.74, 6) is -0.0725. The Morgan fingerprint density at radius 1 is 1.69 bits per heavy atom. The van der Waals surface area contributed by atoms with Gasteiger partial charge in [0.15, 0.2) is 5.78 Å². The maximum Gasteiger partial charge on any atom is 0.161 e. The number of hydrogen-bond donors (Lipinski definition) is 0. The number of Topliss-reactive ketones (excluding diaryl/α,β-unsaturated/α-hetero) is 1. The van der Waals surface area contributed by atoms with E-state index in [-0.39, 0.29) is 5.78 Å². The van der Waals surface area contributed by atoms with Gasteiger partial charge in [0.25, 0.3) is 0 Å². The van der Waals surface area contributed by atoms with Gasteiger partial charge in [-0.1, -0.05) is 0 Å². The lowest BCUT2D eigenvalue weighted by molar-refractivity contribution is 0.101. The van der Waals surface area contributed by atoms with Crippen LogP contribution in [0.5, 0.6) is 0 Å². The molecule has 0 unspecified atom stereocenters. The first-order valence-corrected chi connectivity index (χ1v) is 4.86. The van der Waals surface area contributed by atoms with Crippen LogP contribution in [0.1, 0.15) is 22.8 Å². The topological polar surface area (TPSA) is 53.8 Å². The molecule has 0 bridgehead atoms. The Bertz CT molecular complexity index is 382. The number of ketones is 1. The summed E-state index contributed by atoms with van der Waals surface area (Å²) in [4.78, 5) is 15.0. The molecule has 0 aliphatic heterocycles. The van der Waals surface area contributed by atoms with Gasteiger partial charge in [0.05, 0.1) is 5.56 Å². The Balaban J connectivity index is 3.23. The molecule has 3 nitrogen and oxygen atoms in total. The summed E-state index contributed by atoms with van der Waals surface area (Å²) in [6, 6.07) is 3.58. The van der Waals surface area contributed by atoms with Crippen LogP contribution in [-0.2, 0) is 0 Å². The van der Waals surface area contributed by atoms with Crippen LogP contribution >= 0.6 is 11.8 Å². The highest BCUT2D eigenvalue weighted by molar-refractivity contribution is 7.98. The zero-order valence-electron chi connectivity index (χ0n) is 7.37. The number of nitrogens with zero attached hydrogens (tertiary/aromatic N) is 2. The third kappa shape index (κ3) is 2.07. The number of rotatable bonds is 2. The molecule has 0 aliphatic rings. The third-order valence-corrected chi connectivity index (χ3v) is 2.28. The summed E-state index contributed by atoms with van der Waals surface area (Å²) in [6.07, 6.45) is 3.34. The largest absolute Gasteiger partial charge is 0.294 e. The Kier molecular flexibility index (Phi) is 3.04. The highest BCUT2D eigenvalue weighted by atomic mass is 32.2. The molecule has 1 aromatic rings. The van der Waals surface area contributed by atoms with Crippen molar-refractivity contribution in [3.63, 3.8) is 0 Å². The fourth-order valence-corrected chi connectivity index (χ4v) is 1.37. The Hall–Kier alpha value is -1.34. The zero-order valence-corrected chi connectivity index (χ0v) is 8.18. The van der Waals surface area contributed by atoms with Gasteiger partial charge in [0, 0.05) is 11.8 Å². The molecule has 1 aromatic heterocycles. The molecular weight excluding hydrogens is 184 g/mol. The lowest BCUT2D eigenvalue weighted by atomic mass is 10.1. The van der Waals surface area contributed by atoms with Gasteiger partial charge in [-0.15, -0.1) is 11.8 Å². The summed E-state index contributed by atoms with van der Waals surface area (Å²) < 4.78 is 0. The van der Waals surface area contributed by atoms with Crippen LogP contribution in [0, 0.1) is 11.3 Å². The van der Waals surface area contributed by atoms with E-state index >= 15 is 0 Å². The van der Waals surface area contributed by atoms with E-state index in [1.54, 1.807) is 6.07 Å². The van der Waals surface area contributed by atoms with Crippen LogP contribution in [-0.4, -0.2) is 17.0 Å². The van der Waals surface area contributed by atoms with Crippen LogP contribution in [0.25, 0.3) is 0 Å². The molecule has 0 N–H and O–H groups in total. The average molecular weight is 192 g/mol. The number of pyridine rings is 1. The van der Waals surface area contributed by atoms with Gasteiger partial charge in [0.2, 0.25) is 0 Å². The van der Waals surface area contributed by atoms with Gasteiger partial charge in [-0.2, -0.15) is 5.26 Å². The van der Waals surface area contributed by atoms with E-state index < -0.39 is 0 Å². The number of thioether (sulfide) groups is 1. The van der Waals surface area contributed by atoms with E-state index in [9.17, 15) is 4.79 Å². The molecule has 0 radical (unpaired) electrons. The lowest BCUT2D eigenvalue weighted by Gasteiger charge is -2.00. The first-order valence-electron chi connectivity index (χ1n) is 3.64. The minimum Gasteiger partial charge on any atom is -0.294 e. The van der Waals surface area contributed by atoms with Crippen LogP contribution in [0.3, 0.4) is 0 Å². The van der Waals surface area contributed by atoms with Gasteiger partial charge in [0.1, 0.15) is 11.1 Å². The first-order chi connectivity index (χ1) is 6.19. The Morgan fingerprint density at radius 2 is 2.38 bits per heavy atom. The minimum atomic E-state index is -0.0725. The quantitative estimate of drug-likeness (QED) is 0.530. The number of aromatic nitrogens is 1. The summed E-state index contributed by atoms with van der Waals surface area (Å²) in [7, 11) is 0. The van der Waals surface area contributed by atoms with Crippen molar-refractivity contribution >= 4 is 17.5 Å². The number of nitriles is 1. The minimum absolute atomic E-state index is 0.0725. The second-order valence-electron chi connectivity index (χ2n) is 2.45. The van der Waals surface area contributed by atoms with Crippen molar-refractivity contribution in [1.82, 2.24) is 4.98 Å². The van der Waals surface area contributed by atoms with Gasteiger partial charge in [-0.3, -0.25) is 4.79 Å². The van der Waals surface area contributed by atoms with Crippen molar-refractivity contribution in [2.75, 3.05) is 6.26 Å². The molecule has 0 aliphatic carbocycles. The molecule has 0 spiro atoms. The van der Waals surface area contributed by atoms with E-state index in [2.05, 4.69) is 4.98 Å². The number of carbonyl (C=O) groups excluding carboxylic acids is 1. The predicted molar refractivity (Wildman–Crippen MR) is 50.7 cm³/mol. The molecule has 0 saturated heterocycles. The summed E-state index contributed by atoms with van der Waals surface area (Å²) in [6.45, 7) is 1.46. The van der Waals surface area contributed by atoms with Crippen LogP contribution in [0.4, 0.5) is 0 Å². The van der Waals surface area contributed by atoms with Crippen molar-refractivity contribution in [3.8, 4) is 6.07 Å². The molecule has 0 fully saturated rings. The van der Waals surface area contributed by atoms with Gasteiger partial charge in [-0.05, 0) is 19.2 Å². The molecule has 1 rings (SSSR count). The molecule has 1 heterocycles. The molecule has 0 aromatic carbocycles. The Labute approximate surface area is 80.8 Å². The normalized spacial score (nSPS) is 9.31. The van der Waals surface area contributed by atoms with Crippen molar-refractivity contribution in [1.29, 1.82) is 5.26 Å². The first kappa shape index (κ1) is 9.75. The van der Waals surface area contributed by atoms with Gasteiger partial charge in [-0.25, -0.2) is 4.98 Å². The van der Waals surface area contributed by atoms with E-state index in [0.717, 1.165) is 0 Å². The second-order valence-corrected chi connectivity index (χ2v) is 3.24. The van der Waals surface area contributed by atoms with Crippen LogP contribution in [0.15, 0.2) is 17.3 Å². The van der Waals surface area contributed by atoms with E-state index in [1.165, 1.54) is 24.9 Å². The average Bonchev–Trinajstić information content (AvgIpc) is 2.16. The highest BCUT2D eigenvalue weighted by Crippen LogP contribution is 2.17. The molecule has 0 saturated carbocycles. The van der Waals surface area contributed by atoms with Crippen molar-refractivity contribution in [3.05, 3.63) is 23.4 Å². The number of hydrogen-bond acceptors (Lipinski definition) is 4. The summed E-state index contributed by atoms with van der Waals surface area (Å²) >= 11 is 1.40. The lowest BCUT2D eigenvalue weighted by Crippen LogP contribution is -1.96. The molecular formula is C9H8N2OS. The van der Waals surface area contributed by atoms with Crippen molar-refractivity contribution < 1.29 is 4.79 Å². The molecule has 66 valence electrons. The number of carbonyl (C=O) groups is 1. The second kappa shape index (κ2) is 4.06. The molecule has 4 heteroatoms. The summed E-state index contributed by atoms with van der Waals surface area (Å²) in [5, 5.41) is 9.40. The fourth-order valence-electron chi connectivity index (χ4n) is 0.888. The summed E-state index contributed by atoms with van der Waals surface area (Å²) in [5.41, 5.74) is 0.939. The monoisotopic (exact) mass is 192 g/mol. The molecule has 0 atom stereocenters. The molecule has 13 heavy (non-hydrogen) atoms. The maximum atomic E-state index is 11.0. The van der Waals surface area contributed by atoms with E-state index in [1.807, 2.05) is 12.3 Å². The molecule has 0 amide bonds. The maximum absolute atomic E-state index is 11.0. The van der Waals surface area contributed by atoms with Gasteiger partial charge >= 0.3 is 0 Å². The smallest absolute Gasteiger partial charge is 0.161 e. The van der Waals surface area contributed by atoms with Crippen molar-refractivity contribution in [2.45, 2.75) is 11.9 Å². The Morgan fingerprint density at radius 3 is 2.85 bits per heavy atom. The fraction of sp³-hybridized carbons (Fsp3) is 0.222.